The molecule has 54 heavy (non-hydrogen) atoms. The van der Waals surface area contributed by atoms with Crippen molar-refractivity contribution in [1.82, 2.24) is 9.80 Å². The number of nitrogens with zero attached hydrogens (tertiary/aromatic N) is 3. The first kappa shape index (κ1) is 36.9. The van der Waals surface area contributed by atoms with E-state index in [1.807, 2.05) is 40.1 Å². The Kier molecular flexibility index (Phi) is 10.3. The lowest BCUT2D eigenvalue weighted by Crippen LogP contribution is -2.52. The number of hydrogen-bond donors (Lipinski definition) is 1. The number of carbonyl (C=O) groups excluding carboxylic acids is 2. The van der Waals surface area contributed by atoms with E-state index in [1.54, 1.807) is 51.7 Å². The van der Waals surface area contributed by atoms with Crippen molar-refractivity contribution < 1.29 is 32.6 Å². The molecule has 2 heterocycles. The van der Waals surface area contributed by atoms with Crippen molar-refractivity contribution in [3.8, 4) is 17.2 Å². The fourth-order valence-corrected chi connectivity index (χ4v) is 8.20. The molecule has 4 aromatic rings. The molecule has 1 aliphatic carbocycles. The topological polar surface area (TPSA) is 83.6 Å². The molecule has 282 valence electrons. The fourth-order valence-electron chi connectivity index (χ4n) is 8.20. The van der Waals surface area contributed by atoms with Crippen LogP contribution in [0.25, 0.3) is 0 Å². The molecule has 1 N–H and O–H groups in total. The lowest BCUT2D eigenvalue weighted by atomic mass is 9.73. The Labute approximate surface area is 315 Å². The monoisotopic (exact) mass is 736 g/mol. The number of rotatable bonds is 9. The number of ketones is 1. The Hall–Kier alpha value is -5.42. The molecule has 0 aromatic heterocycles. The summed E-state index contributed by atoms with van der Waals surface area (Å²) in [6.45, 7) is 6.13. The molecule has 2 aliphatic heterocycles. The van der Waals surface area contributed by atoms with Gasteiger partial charge in [0.05, 0.1) is 51.3 Å². The van der Waals surface area contributed by atoms with Crippen LogP contribution in [0.4, 0.5) is 20.2 Å². The number of carbonyl (C=O) groups is 2. The van der Waals surface area contributed by atoms with Crippen LogP contribution >= 0.6 is 0 Å². The zero-order valence-corrected chi connectivity index (χ0v) is 31.3. The van der Waals surface area contributed by atoms with E-state index in [0.717, 1.165) is 28.2 Å². The highest BCUT2D eigenvalue weighted by atomic mass is 19.1. The van der Waals surface area contributed by atoms with Crippen LogP contribution in [0.1, 0.15) is 55.5 Å². The Morgan fingerprint density at radius 2 is 1.37 bits per heavy atom. The van der Waals surface area contributed by atoms with Crippen LogP contribution in [0.15, 0.2) is 96.2 Å². The Morgan fingerprint density at radius 1 is 0.796 bits per heavy atom. The molecule has 1 saturated heterocycles. The van der Waals surface area contributed by atoms with Gasteiger partial charge in [-0.3, -0.25) is 14.5 Å². The average molecular weight is 737 g/mol. The summed E-state index contributed by atoms with van der Waals surface area (Å²) in [7, 11) is 4.70. The normalized spacial score (nSPS) is 18.4. The third kappa shape index (κ3) is 7.24. The van der Waals surface area contributed by atoms with Crippen LogP contribution in [0.2, 0.25) is 0 Å². The third-order valence-corrected chi connectivity index (χ3v) is 10.7. The van der Waals surface area contributed by atoms with Gasteiger partial charge in [-0.2, -0.15) is 0 Å². The SMILES string of the molecule is COc1cc(OC)c(C2C3=C(CC(C)(C)CC3=O)Nc3ccccc3N2CC(=O)N2CCN(C(c3ccc(F)cc3)c3ccc(F)cc3)CC2)cc1OC. The minimum Gasteiger partial charge on any atom is -0.496 e. The van der Waals surface area contributed by atoms with Gasteiger partial charge in [0.2, 0.25) is 5.91 Å². The molecule has 7 rings (SSSR count). The molecule has 0 bridgehead atoms. The van der Waals surface area contributed by atoms with Crippen LogP contribution in [0.3, 0.4) is 0 Å². The molecule has 1 amide bonds. The first-order valence-electron chi connectivity index (χ1n) is 18.2. The number of methoxy groups -OCH3 is 3. The van der Waals surface area contributed by atoms with Crippen molar-refractivity contribution in [2.75, 3.05) is 64.3 Å². The van der Waals surface area contributed by atoms with Crippen molar-refractivity contribution in [1.29, 1.82) is 0 Å². The minimum absolute atomic E-state index is 0.00193. The molecular weight excluding hydrogens is 690 g/mol. The molecule has 4 aromatic carbocycles. The quantitative estimate of drug-likeness (QED) is 0.189. The molecule has 0 spiro atoms. The van der Waals surface area contributed by atoms with Gasteiger partial charge < -0.3 is 29.3 Å². The van der Waals surface area contributed by atoms with Gasteiger partial charge in [-0.15, -0.1) is 0 Å². The highest BCUT2D eigenvalue weighted by Gasteiger charge is 2.44. The maximum Gasteiger partial charge on any atom is 0.242 e. The molecule has 1 atom stereocenters. The summed E-state index contributed by atoms with van der Waals surface area (Å²) in [6, 6.07) is 23.2. The highest BCUT2D eigenvalue weighted by molar-refractivity contribution is 6.02. The van der Waals surface area contributed by atoms with E-state index < -0.39 is 6.04 Å². The number of halogens is 2. The first-order valence-corrected chi connectivity index (χ1v) is 18.2. The molecule has 1 fully saturated rings. The summed E-state index contributed by atoms with van der Waals surface area (Å²) in [5, 5.41) is 3.62. The zero-order chi connectivity index (χ0) is 38.1. The zero-order valence-electron chi connectivity index (χ0n) is 31.3. The smallest absolute Gasteiger partial charge is 0.242 e. The molecule has 3 aliphatic rings. The maximum absolute atomic E-state index is 14.6. The molecule has 1 unspecified atom stereocenters. The second-order valence-corrected chi connectivity index (χ2v) is 14.9. The van der Waals surface area contributed by atoms with Crippen LogP contribution in [-0.2, 0) is 9.59 Å². The number of hydrogen-bond acceptors (Lipinski definition) is 8. The number of fused-ring (bicyclic) bond motifs is 1. The highest BCUT2D eigenvalue weighted by Crippen LogP contribution is 2.51. The lowest BCUT2D eigenvalue weighted by Gasteiger charge is -2.42. The van der Waals surface area contributed by atoms with Gasteiger partial charge in [-0.1, -0.05) is 50.2 Å². The van der Waals surface area contributed by atoms with E-state index >= 15 is 0 Å². The van der Waals surface area contributed by atoms with Gasteiger partial charge in [0, 0.05) is 55.5 Å². The predicted molar refractivity (Wildman–Crippen MR) is 204 cm³/mol. The summed E-state index contributed by atoms with van der Waals surface area (Å²) in [6.07, 6.45) is 0.991. The van der Waals surface area contributed by atoms with Crippen LogP contribution < -0.4 is 24.4 Å². The number of amides is 1. The second-order valence-electron chi connectivity index (χ2n) is 14.9. The predicted octanol–water partition coefficient (Wildman–Crippen LogP) is 7.54. The summed E-state index contributed by atoms with van der Waals surface area (Å²) in [5.41, 5.74) is 5.16. The summed E-state index contributed by atoms with van der Waals surface area (Å²) in [4.78, 5) is 35.0. The van der Waals surface area contributed by atoms with Crippen molar-refractivity contribution in [2.45, 2.75) is 38.8 Å². The van der Waals surface area contributed by atoms with Crippen LogP contribution in [-0.4, -0.2) is 75.5 Å². The second kappa shape index (κ2) is 15.1. The Morgan fingerprint density at radius 3 is 1.96 bits per heavy atom. The summed E-state index contributed by atoms with van der Waals surface area (Å²) in [5.74, 6) is 0.703. The van der Waals surface area contributed by atoms with Gasteiger partial charge >= 0.3 is 0 Å². The first-order chi connectivity index (χ1) is 26.0. The molecule has 0 radical (unpaired) electrons. The number of ether oxygens (including phenoxy) is 3. The molecular formula is C43H46F2N4O5. The largest absolute Gasteiger partial charge is 0.496 e. The van der Waals surface area contributed by atoms with E-state index in [9.17, 15) is 18.4 Å². The van der Waals surface area contributed by atoms with Gasteiger partial charge in [-0.05, 0) is 65.4 Å². The van der Waals surface area contributed by atoms with Crippen molar-refractivity contribution >= 4 is 23.1 Å². The number of nitrogens with one attached hydrogen (secondary N) is 1. The van der Waals surface area contributed by atoms with Gasteiger partial charge in [0.1, 0.15) is 17.4 Å². The van der Waals surface area contributed by atoms with E-state index in [1.165, 1.54) is 24.3 Å². The summed E-state index contributed by atoms with van der Waals surface area (Å²) >= 11 is 0. The fraction of sp³-hybridized carbons (Fsp3) is 0.349. The van der Waals surface area contributed by atoms with E-state index in [4.69, 9.17) is 14.2 Å². The van der Waals surface area contributed by atoms with Crippen molar-refractivity contribution in [3.05, 3.63) is 125 Å². The standard InChI is InChI=1S/C43H46F2N4O5/c1-43(2)24-33-40(35(50)25-43)42(31-22-37(53-4)38(54-5)23-36(31)52-3)49(34-9-7-6-8-32(34)46-33)26-39(51)47-18-20-48(21-19-47)41(27-10-14-29(44)15-11-27)28-12-16-30(45)17-13-28/h6-17,22-23,41-42,46H,18-21,24-26H2,1-5H3. The number of benzene rings is 4. The number of allylic oxidation sites excluding steroid dienone is 1. The average Bonchev–Trinajstić information content (AvgIpc) is 3.29. The molecule has 11 heteroatoms. The van der Waals surface area contributed by atoms with Crippen molar-refractivity contribution in [3.63, 3.8) is 0 Å². The van der Waals surface area contributed by atoms with Crippen LogP contribution in [0, 0.1) is 17.0 Å². The van der Waals surface area contributed by atoms with Gasteiger partial charge in [0.25, 0.3) is 0 Å². The van der Waals surface area contributed by atoms with E-state index in [0.29, 0.717) is 67.4 Å². The molecule has 9 nitrogen and oxygen atoms in total. The van der Waals surface area contributed by atoms with Gasteiger partial charge in [0.15, 0.2) is 17.3 Å². The Balaban J connectivity index is 1.24. The lowest BCUT2D eigenvalue weighted by molar-refractivity contribution is -0.131. The van der Waals surface area contributed by atoms with E-state index in [2.05, 4.69) is 24.1 Å². The number of Topliss-reactive ketones (excluding diaryl/α,β-unsaturated/α-hetero) is 1. The van der Waals surface area contributed by atoms with E-state index in [-0.39, 0.29) is 41.3 Å². The minimum atomic E-state index is -0.693. The third-order valence-electron chi connectivity index (χ3n) is 10.7. The van der Waals surface area contributed by atoms with Crippen molar-refractivity contribution in [2.24, 2.45) is 5.41 Å². The number of para-hydroxylation sites is 2. The number of piperazine rings is 1. The molecule has 0 saturated carbocycles. The number of anilines is 2. The van der Waals surface area contributed by atoms with Gasteiger partial charge in [-0.25, -0.2) is 8.78 Å². The van der Waals surface area contributed by atoms with Crippen LogP contribution in [0.5, 0.6) is 17.2 Å². The maximum atomic E-state index is 14.6. The Bertz CT molecular complexity index is 2010. The summed E-state index contributed by atoms with van der Waals surface area (Å²) < 4.78 is 45.2.